The molecule has 30 heavy (non-hydrogen) atoms. The number of rotatable bonds is 9. The van der Waals surface area contributed by atoms with Crippen LogP contribution >= 0.6 is 11.6 Å². The first-order valence-corrected chi connectivity index (χ1v) is 9.96. The van der Waals surface area contributed by atoms with E-state index in [-0.39, 0.29) is 6.61 Å². The third-order valence-corrected chi connectivity index (χ3v) is 4.69. The highest BCUT2D eigenvalue weighted by molar-refractivity contribution is 6.31. The first-order chi connectivity index (χ1) is 14.7. The third kappa shape index (κ3) is 5.76. The Balaban J connectivity index is 1.65. The number of hydrogen-bond acceptors (Lipinski definition) is 5. The number of halogens is 1. The molecule has 152 valence electrons. The van der Waals surface area contributed by atoms with Crippen LogP contribution in [-0.4, -0.2) is 12.8 Å². The molecule has 3 aromatic carbocycles. The fourth-order valence-corrected chi connectivity index (χ4v) is 3.00. The molecule has 0 amide bonds. The van der Waals surface area contributed by atoms with Gasteiger partial charge in [-0.2, -0.15) is 10.4 Å². The zero-order chi connectivity index (χ0) is 21.2. The summed E-state index contributed by atoms with van der Waals surface area (Å²) in [5, 5.41) is 14.2. The Bertz CT molecular complexity index is 1060. The highest BCUT2D eigenvalue weighted by Gasteiger charge is 2.08. The van der Waals surface area contributed by atoms with E-state index in [0.29, 0.717) is 35.2 Å². The Kier molecular flexibility index (Phi) is 7.71. The van der Waals surface area contributed by atoms with Gasteiger partial charge in [-0.25, -0.2) is 0 Å². The number of nitrogens with one attached hydrogen (secondary N) is 1. The van der Waals surface area contributed by atoms with Crippen molar-refractivity contribution >= 4 is 17.8 Å². The Labute approximate surface area is 181 Å². The molecular weight excluding hydrogens is 398 g/mol. The fourth-order valence-electron chi connectivity index (χ4n) is 2.80. The third-order valence-electron chi connectivity index (χ3n) is 4.32. The molecule has 0 fully saturated rings. The van der Waals surface area contributed by atoms with Gasteiger partial charge in [-0.05, 0) is 48.4 Å². The monoisotopic (exact) mass is 419 g/mol. The molecule has 0 aliphatic rings. The summed E-state index contributed by atoms with van der Waals surface area (Å²) >= 11 is 6.15. The molecule has 6 heteroatoms. The van der Waals surface area contributed by atoms with Crippen LogP contribution in [0.1, 0.15) is 29.2 Å². The van der Waals surface area contributed by atoms with Crippen LogP contribution in [0.2, 0.25) is 5.02 Å². The van der Waals surface area contributed by atoms with Crippen LogP contribution in [0.3, 0.4) is 0 Å². The van der Waals surface area contributed by atoms with Crippen molar-refractivity contribution in [3.63, 3.8) is 0 Å². The summed E-state index contributed by atoms with van der Waals surface area (Å²) in [7, 11) is 0. The molecule has 0 saturated heterocycles. The first kappa shape index (κ1) is 21.2. The van der Waals surface area contributed by atoms with Gasteiger partial charge >= 0.3 is 0 Å². The maximum absolute atomic E-state index is 9.22. The van der Waals surface area contributed by atoms with Gasteiger partial charge in [-0.1, -0.05) is 48.0 Å². The molecule has 1 N–H and O–H groups in total. The van der Waals surface area contributed by atoms with Crippen LogP contribution in [-0.2, 0) is 13.2 Å². The van der Waals surface area contributed by atoms with E-state index in [2.05, 4.69) is 16.6 Å². The lowest BCUT2D eigenvalue weighted by molar-refractivity contribution is 0.269. The summed E-state index contributed by atoms with van der Waals surface area (Å²) < 4.78 is 11.6. The molecule has 5 nitrogen and oxygen atoms in total. The molecule has 0 spiro atoms. The minimum Gasteiger partial charge on any atom is -0.490 e. The lowest BCUT2D eigenvalue weighted by atomic mass is 10.1. The van der Waals surface area contributed by atoms with E-state index in [1.165, 1.54) is 0 Å². The van der Waals surface area contributed by atoms with Crippen molar-refractivity contribution in [3.8, 4) is 17.6 Å². The van der Waals surface area contributed by atoms with E-state index in [1.807, 2.05) is 67.6 Å². The van der Waals surface area contributed by atoms with Gasteiger partial charge in [0, 0.05) is 10.6 Å². The predicted octanol–water partition coefficient (Wildman–Crippen LogP) is 5.31. The van der Waals surface area contributed by atoms with E-state index in [4.69, 9.17) is 21.1 Å². The minimum absolute atomic E-state index is 0.288. The van der Waals surface area contributed by atoms with Crippen molar-refractivity contribution < 1.29 is 9.47 Å². The van der Waals surface area contributed by atoms with Crippen molar-refractivity contribution in [2.75, 3.05) is 6.61 Å². The van der Waals surface area contributed by atoms with E-state index in [1.54, 1.807) is 12.3 Å². The van der Waals surface area contributed by atoms with E-state index in [9.17, 15) is 5.26 Å². The SMILES string of the molecule is CCOc1cc(/C=N\NCc2ccccc2Cl)ccc1OCc1ccccc1C#N. The van der Waals surface area contributed by atoms with E-state index in [0.717, 1.165) is 16.7 Å². The molecule has 0 unspecified atom stereocenters. The van der Waals surface area contributed by atoms with Crippen molar-refractivity contribution in [1.82, 2.24) is 5.43 Å². The lowest BCUT2D eigenvalue weighted by Crippen LogP contribution is -2.06. The van der Waals surface area contributed by atoms with Gasteiger partial charge in [0.1, 0.15) is 6.61 Å². The summed E-state index contributed by atoms with van der Waals surface area (Å²) in [4.78, 5) is 0. The maximum Gasteiger partial charge on any atom is 0.161 e. The number of ether oxygens (including phenoxy) is 2. The van der Waals surface area contributed by atoms with Gasteiger partial charge < -0.3 is 14.9 Å². The van der Waals surface area contributed by atoms with Gasteiger partial charge in [0.15, 0.2) is 11.5 Å². The molecule has 0 bridgehead atoms. The average Bonchev–Trinajstić information content (AvgIpc) is 2.77. The highest BCUT2D eigenvalue weighted by atomic mass is 35.5. The lowest BCUT2D eigenvalue weighted by Gasteiger charge is -2.13. The van der Waals surface area contributed by atoms with Gasteiger partial charge in [0.2, 0.25) is 0 Å². The Morgan fingerprint density at radius 1 is 1.00 bits per heavy atom. The zero-order valence-corrected chi connectivity index (χ0v) is 17.4. The maximum atomic E-state index is 9.22. The molecular formula is C24H22ClN3O2. The van der Waals surface area contributed by atoms with Crippen LogP contribution in [0.15, 0.2) is 71.8 Å². The van der Waals surface area contributed by atoms with Gasteiger partial charge in [0.25, 0.3) is 0 Å². The van der Waals surface area contributed by atoms with Crippen molar-refractivity contribution in [2.24, 2.45) is 5.10 Å². The van der Waals surface area contributed by atoms with Gasteiger partial charge in [-0.15, -0.1) is 0 Å². The second-order valence-electron chi connectivity index (χ2n) is 6.38. The van der Waals surface area contributed by atoms with Crippen molar-refractivity contribution in [2.45, 2.75) is 20.1 Å². The van der Waals surface area contributed by atoms with Crippen LogP contribution in [0.4, 0.5) is 0 Å². The molecule has 0 aliphatic carbocycles. The quantitative estimate of drug-likeness (QED) is 0.377. The summed E-state index contributed by atoms with van der Waals surface area (Å²) in [5.41, 5.74) is 6.28. The zero-order valence-electron chi connectivity index (χ0n) is 16.6. The summed E-state index contributed by atoms with van der Waals surface area (Å²) in [6.45, 7) is 3.25. The molecule has 0 aromatic heterocycles. The Morgan fingerprint density at radius 3 is 2.53 bits per heavy atom. The standard InChI is InChI=1S/C24H22ClN3O2/c1-2-29-24-13-18(15-27-28-16-20-8-5-6-10-22(20)25)11-12-23(24)30-17-21-9-4-3-7-19(21)14-26/h3-13,15,28H,2,16-17H2,1H3/b27-15-. The van der Waals surface area contributed by atoms with Gasteiger partial charge in [0.05, 0.1) is 31.0 Å². The predicted molar refractivity (Wildman–Crippen MR) is 119 cm³/mol. The van der Waals surface area contributed by atoms with Crippen molar-refractivity contribution in [1.29, 1.82) is 5.26 Å². The van der Waals surface area contributed by atoms with E-state index < -0.39 is 0 Å². The van der Waals surface area contributed by atoms with Crippen molar-refractivity contribution in [3.05, 3.63) is 94.0 Å². The molecule has 3 rings (SSSR count). The largest absolute Gasteiger partial charge is 0.490 e. The van der Waals surface area contributed by atoms with E-state index >= 15 is 0 Å². The first-order valence-electron chi connectivity index (χ1n) is 9.58. The molecule has 3 aromatic rings. The Hall–Kier alpha value is -3.49. The highest BCUT2D eigenvalue weighted by Crippen LogP contribution is 2.29. The topological polar surface area (TPSA) is 66.6 Å². The smallest absolute Gasteiger partial charge is 0.161 e. The fraction of sp³-hybridized carbons (Fsp3) is 0.167. The normalized spacial score (nSPS) is 10.6. The number of nitriles is 1. The minimum atomic E-state index is 0.288. The Morgan fingerprint density at radius 2 is 1.77 bits per heavy atom. The van der Waals surface area contributed by atoms with Crippen LogP contribution in [0.25, 0.3) is 0 Å². The number of benzene rings is 3. The molecule has 0 aliphatic heterocycles. The number of nitrogens with zero attached hydrogens (tertiary/aromatic N) is 2. The van der Waals surface area contributed by atoms with Gasteiger partial charge in [-0.3, -0.25) is 0 Å². The molecule has 0 atom stereocenters. The molecule has 0 saturated carbocycles. The second-order valence-corrected chi connectivity index (χ2v) is 6.79. The summed E-state index contributed by atoms with van der Waals surface area (Å²) in [5.74, 6) is 1.24. The van der Waals surface area contributed by atoms with Crippen LogP contribution < -0.4 is 14.9 Å². The second kappa shape index (κ2) is 10.9. The summed E-state index contributed by atoms with van der Waals surface area (Å²) in [6, 6.07) is 22.8. The number of hydrazone groups is 1. The molecule has 0 radical (unpaired) electrons. The summed E-state index contributed by atoms with van der Waals surface area (Å²) in [6.07, 6.45) is 1.72. The van der Waals surface area contributed by atoms with Crippen LogP contribution in [0, 0.1) is 11.3 Å². The average molecular weight is 420 g/mol. The number of hydrogen-bond donors (Lipinski definition) is 1. The van der Waals surface area contributed by atoms with Crippen LogP contribution in [0.5, 0.6) is 11.5 Å². The molecule has 0 heterocycles.